The van der Waals surface area contributed by atoms with Gasteiger partial charge in [0.25, 0.3) is 0 Å². The van der Waals surface area contributed by atoms with E-state index in [0.29, 0.717) is 17.2 Å². The lowest BCUT2D eigenvalue weighted by Gasteiger charge is -2.02. The number of carbonyl (C=O) groups excluding carboxylic acids is 2. The summed E-state index contributed by atoms with van der Waals surface area (Å²) in [5, 5.41) is 6.36. The van der Waals surface area contributed by atoms with E-state index in [-0.39, 0.29) is 17.6 Å². The molecule has 148 valence electrons. The molecule has 0 unspecified atom stereocenters. The number of nitrogens with one attached hydrogen (secondary N) is 2. The number of hydrogen-bond donors (Lipinski definition) is 2. The van der Waals surface area contributed by atoms with Crippen LogP contribution in [-0.2, 0) is 9.59 Å². The van der Waals surface area contributed by atoms with Crippen molar-refractivity contribution in [2.75, 3.05) is 17.6 Å². The van der Waals surface area contributed by atoms with Crippen LogP contribution in [0.3, 0.4) is 0 Å². The summed E-state index contributed by atoms with van der Waals surface area (Å²) < 4.78 is 0.734. The van der Waals surface area contributed by atoms with Crippen LogP contribution in [0.2, 0.25) is 0 Å². The van der Waals surface area contributed by atoms with Crippen molar-refractivity contribution in [2.45, 2.75) is 11.3 Å². The van der Waals surface area contributed by atoms with Crippen LogP contribution >= 0.6 is 23.1 Å². The molecule has 29 heavy (non-hydrogen) atoms. The highest BCUT2D eigenvalue weighted by molar-refractivity contribution is 8.01. The number of benzene rings is 2. The maximum absolute atomic E-state index is 12.4. The first-order chi connectivity index (χ1) is 14.2. The summed E-state index contributed by atoms with van der Waals surface area (Å²) in [4.78, 5) is 28.8. The highest BCUT2D eigenvalue weighted by Crippen LogP contribution is 2.37. The standard InChI is InChI=1S/C22H21N3O2S2/c1-2-23-19(27)15-28-22-25-20(17-11-7-4-8-12-17)21(29-22)24-18(26)14-13-16-9-5-3-6-10-16/h3-14H,2,15H2,1H3,(H,23,27)(H,24,26)/b14-13-. The zero-order chi connectivity index (χ0) is 20.5. The molecule has 0 bridgehead atoms. The van der Waals surface area contributed by atoms with E-state index in [9.17, 15) is 9.59 Å². The molecule has 0 aliphatic heterocycles. The number of rotatable bonds is 8. The molecule has 1 heterocycles. The van der Waals surface area contributed by atoms with Gasteiger partial charge in [0, 0.05) is 18.2 Å². The maximum atomic E-state index is 12.4. The third-order valence-corrected chi connectivity index (χ3v) is 5.93. The first-order valence-electron chi connectivity index (χ1n) is 9.15. The Morgan fingerprint density at radius 1 is 1.07 bits per heavy atom. The number of carbonyl (C=O) groups is 2. The van der Waals surface area contributed by atoms with Gasteiger partial charge in [0.05, 0.1) is 5.75 Å². The van der Waals surface area contributed by atoms with Crippen LogP contribution in [0.4, 0.5) is 5.00 Å². The van der Waals surface area contributed by atoms with Crippen LogP contribution in [0.25, 0.3) is 17.3 Å². The van der Waals surface area contributed by atoms with Crippen molar-refractivity contribution in [3.63, 3.8) is 0 Å². The Hall–Kier alpha value is -2.90. The molecular formula is C22H21N3O2S2. The Balaban J connectivity index is 1.77. The highest BCUT2D eigenvalue weighted by atomic mass is 32.2. The second-order valence-electron chi connectivity index (χ2n) is 6.00. The predicted molar refractivity (Wildman–Crippen MR) is 121 cm³/mol. The lowest BCUT2D eigenvalue weighted by molar-refractivity contribution is -0.118. The Labute approximate surface area is 178 Å². The van der Waals surface area contributed by atoms with Gasteiger partial charge in [0.1, 0.15) is 10.7 Å². The molecule has 0 saturated carbocycles. The fourth-order valence-corrected chi connectivity index (χ4v) is 4.40. The zero-order valence-electron chi connectivity index (χ0n) is 15.9. The SMILES string of the molecule is CCNC(=O)CSc1nc(-c2ccccc2)c(NC(=O)/C=C\c2ccccc2)s1. The van der Waals surface area contributed by atoms with E-state index in [4.69, 9.17) is 0 Å². The summed E-state index contributed by atoms with van der Waals surface area (Å²) in [5.74, 6) is 0.0250. The lowest BCUT2D eigenvalue weighted by Crippen LogP contribution is -2.24. The summed E-state index contributed by atoms with van der Waals surface area (Å²) >= 11 is 2.73. The second-order valence-corrected chi connectivity index (χ2v) is 8.22. The molecule has 0 spiro atoms. The number of nitrogens with zero attached hydrogens (tertiary/aromatic N) is 1. The molecule has 0 aliphatic rings. The van der Waals surface area contributed by atoms with Crippen LogP contribution in [-0.4, -0.2) is 29.1 Å². The summed E-state index contributed by atoms with van der Waals surface area (Å²) in [7, 11) is 0. The summed E-state index contributed by atoms with van der Waals surface area (Å²) in [5.41, 5.74) is 2.57. The Kier molecular flexibility index (Phi) is 7.61. The fraction of sp³-hybridized carbons (Fsp3) is 0.136. The van der Waals surface area contributed by atoms with Gasteiger partial charge in [-0.05, 0) is 18.6 Å². The molecule has 2 N–H and O–H groups in total. The van der Waals surface area contributed by atoms with E-state index in [1.165, 1.54) is 29.2 Å². The molecule has 0 atom stereocenters. The average molecular weight is 424 g/mol. The maximum Gasteiger partial charge on any atom is 0.249 e. The van der Waals surface area contributed by atoms with Gasteiger partial charge in [-0.15, -0.1) is 0 Å². The van der Waals surface area contributed by atoms with Crippen molar-refractivity contribution in [1.29, 1.82) is 0 Å². The minimum absolute atomic E-state index is 0.0367. The minimum Gasteiger partial charge on any atom is -0.356 e. The smallest absolute Gasteiger partial charge is 0.249 e. The number of amides is 2. The fourth-order valence-electron chi connectivity index (χ4n) is 2.50. The summed E-state index contributed by atoms with van der Waals surface area (Å²) in [6.07, 6.45) is 3.27. The zero-order valence-corrected chi connectivity index (χ0v) is 17.6. The van der Waals surface area contributed by atoms with Crippen LogP contribution in [0, 0.1) is 0 Å². The Morgan fingerprint density at radius 2 is 1.76 bits per heavy atom. The summed E-state index contributed by atoms with van der Waals surface area (Å²) in [6.45, 7) is 2.48. The van der Waals surface area contributed by atoms with Gasteiger partial charge in [-0.2, -0.15) is 0 Å². The van der Waals surface area contributed by atoms with Gasteiger partial charge in [-0.3, -0.25) is 9.59 Å². The molecule has 2 aromatic carbocycles. The number of anilines is 1. The first-order valence-corrected chi connectivity index (χ1v) is 11.0. The number of thioether (sulfide) groups is 1. The molecule has 0 aliphatic carbocycles. The monoisotopic (exact) mass is 423 g/mol. The van der Waals surface area contributed by atoms with Crippen molar-refractivity contribution >= 4 is 46.0 Å². The van der Waals surface area contributed by atoms with Gasteiger partial charge >= 0.3 is 0 Å². The third-order valence-electron chi connectivity index (χ3n) is 3.82. The van der Waals surface area contributed by atoms with Gasteiger partial charge in [-0.25, -0.2) is 4.98 Å². The predicted octanol–water partition coefficient (Wildman–Crippen LogP) is 4.69. The first kappa shape index (κ1) is 20.8. The largest absolute Gasteiger partial charge is 0.356 e. The van der Waals surface area contributed by atoms with Crippen molar-refractivity contribution in [3.8, 4) is 11.3 Å². The van der Waals surface area contributed by atoms with E-state index in [0.717, 1.165) is 15.5 Å². The summed E-state index contributed by atoms with van der Waals surface area (Å²) in [6, 6.07) is 19.3. The molecule has 0 fully saturated rings. The highest BCUT2D eigenvalue weighted by Gasteiger charge is 2.16. The van der Waals surface area contributed by atoms with Gasteiger partial charge in [0.2, 0.25) is 11.8 Å². The molecule has 0 saturated heterocycles. The van der Waals surface area contributed by atoms with Crippen LogP contribution < -0.4 is 10.6 Å². The van der Waals surface area contributed by atoms with Crippen molar-refractivity contribution < 1.29 is 9.59 Å². The van der Waals surface area contributed by atoms with Crippen molar-refractivity contribution in [2.24, 2.45) is 0 Å². The number of aromatic nitrogens is 1. The van der Waals surface area contributed by atoms with E-state index < -0.39 is 0 Å². The molecule has 3 aromatic rings. The average Bonchev–Trinajstić information content (AvgIpc) is 3.15. The molecule has 2 amide bonds. The van der Waals surface area contributed by atoms with E-state index in [2.05, 4.69) is 15.6 Å². The van der Waals surface area contributed by atoms with Crippen LogP contribution in [0.15, 0.2) is 71.1 Å². The number of hydrogen-bond acceptors (Lipinski definition) is 5. The molecular weight excluding hydrogens is 402 g/mol. The topological polar surface area (TPSA) is 71.1 Å². The van der Waals surface area contributed by atoms with E-state index >= 15 is 0 Å². The third kappa shape index (κ3) is 6.30. The Morgan fingerprint density at radius 3 is 2.45 bits per heavy atom. The van der Waals surface area contributed by atoms with Crippen molar-refractivity contribution in [3.05, 3.63) is 72.3 Å². The normalized spacial score (nSPS) is 10.8. The Bertz CT molecular complexity index is 986. The quantitative estimate of drug-likeness (QED) is 0.407. The van der Waals surface area contributed by atoms with Crippen molar-refractivity contribution in [1.82, 2.24) is 10.3 Å². The van der Waals surface area contributed by atoms with Crippen LogP contribution in [0.5, 0.6) is 0 Å². The van der Waals surface area contributed by atoms with Gasteiger partial charge in [0.15, 0.2) is 4.34 Å². The molecule has 0 radical (unpaired) electrons. The van der Waals surface area contributed by atoms with Gasteiger partial charge < -0.3 is 10.6 Å². The second kappa shape index (κ2) is 10.6. The molecule has 3 rings (SSSR count). The molecule has 1 aromatic heterocycles. The lowest BCUT2D eigenvalue weighted by atomic mass is 10.1. The molecule has 5 nitrogen and oxygen atoms in total. The van der Waals surface area contributed by atoms with E-state index in [1.807, 2.05) is 67.6 Å². The molecule has 7 heteroatoms. The van der Waals surface area contributed by atoms with Gasteiger partial charge in [-0.1, -0.05) is 83.8 Å². The number of thiazole rings is 1. The van der Waals surface area contributed by atoms with E-state index in [1.54, 1.807) is 6.08 Å². The minimum atomic E-state index is -0.227. The van der Waals surface area contributed by atoms with Crippen LogP contribution in [0.1, 0.15) is 12.5 Å².